The Balaban J connectivity index is 1.90. The van der Waals surface area contributed by atoms with Crippen LogP contribution in [-0.2, 0) is 11.8 Å². The number of benzene rings is 2. The minimum absolute atomic E-state index is 0.186. The van der Waals surface area contributed by atoms with Crippen molar-refractivity contribution in [1.29, 1.82) is 0 Å². The zero-order chi connectivity index (χ0) is 17.6. The second-order valence-corrected chi connectivity index (χ2v) is 5.71. The van der Waals surface area contributed by atoms with Crippen molar-refractivity contribution >= 4 is 28.0 Å². The first-order valence-electron chi connectivity index (χ1n) is 7.70. The minimum atomic E-state index is -0.432. The number of aryl methyl sites for hydroxylation is 1. The van der Waals surface area contributed by atoms with E-state index in [1.165, 1.54) is 19.3 Å². The Bertz CT molecular complexity index is 1190. The molecule has 2 aromatic carbocycles. The van der Waals surface area contributed by atoms with Gasteiger partial charge in [0.25, 0.3) is 0 Å². The molecule has 0 aliphatic heterocycles. The molecule has 0 amide bonds. The van der Waals surface area contributed by atoms with Crippen LogP contribution in [0.1, 0.15) is 6.92 Å². The molecule has 0 spiro atoms. The quantitative estimate of drug-likeness (QED) is 0.415. The van der Waals surface area contributed by atoms with Crippen molar-refractivity contribution in [3.05, 3.63) is 59.0 Å². The molecule has 6 heteroatoms. The van der Waals surface area contributed by atoms with Gasteiger partial charge in [-0.3, -0.25) is 9.59 Å². The molecule has 2 heterocycles. The van der Waals surface area contributed by atoms with E-state index in [1.54, 1.807) is 12.1 Å². The Morgan fingerprint density at radius 3 is 2.76 bits per heavy atom. The molecule has 0 unspecified atom stereocenters. The summed E-state index contributed by atoms with van der Waals surface area (Å²) >= 11 is 0. The lowest BCUT2D eigenvalue weighted by atomic mass is 10.1. The van der Waals surface area contributed by atoms with Crippen LogP contribution in [0.15, 0.2) is 57.9 Å². The van der Waals surface area contributed by atoms with E-state index in [9.17, 15) is 9.59 Å². The third-order valence-electron chi connectivity index (χ3n) is 4.04. The Morgan fingerprint density at radius 1 is 1.20 bits per heavy atom. The average Bonchev–Trinajstić information content (AvgIpc) is 2.92. The molecule has 0 aliphatic carbocycles. The minimum Gasteiger partial charge on any atom is -0.463 e. The van der Waals surface area contributed by atoms with Crippen LogP contribution in [0.4, 0.5) is 0 Å². The van der Waals surface area contributed by atoms with E-state index in [1.807, 2.05) is 35.9 Å². The molecule has 0 saturated heterocycles. The first-order chi connectivity index (χ1) is 12.0. The highest BCUT2D eigenvalue weighted by Gasteiger charge is 2.16. The largest absolute Gasteiger partial charge is 0.463 e. The van der Waals surface area contributed by atoms with Gasteiger partial charge in [-0.05, 0) is 24.3 Å². The number of hydrogen-bond acceptors (Lipinski definition) is 5. The van der Waals surface area contributed by atoms with Crippen LogP contribution in [-0.4, -0.2) is 15.5 Å². The maximum atomic E-state index is 12.9. The molecular formula is C19H14N2O4. The van der Waals surface area contributed by atoms with Crippen LogP contribution >= 0.6 is 0 Å². The van der Waals surface area contributed by atoms with Crippen LogP contribution in [0.2, 0.25) is 0 Å². The predicted molar refractivity (Wildman–Crippen MR) is 93.5 cm³/mol. The van der Waals surface area contributed by atoms with E-state index >= 15 is 0 Å². The summed E-state index contributed by atoms with van der Waals surface area (Å²) in [5.41, 5.74) is 2.29. The first-order valence-corrected chi connectivity index (χ1v) is 7.70. The molecule has 0 N–H and O–H groups in total. The van der Waals surface area contributed by atoms with Crippen molar-refractivity contribution in [2.75, 3.05) is 0 Å². The van der Waals surface area contributed by atoms with Gasteiger partial charge < -0.3 is 13.7 Å². The van der Waals surface area contributed by atoms with Gasteiger partial charge in [-0.25, -0.2) is 4.98 Å². The third-order valence-corrected chi connectivity index (χ3v) is 4.04. The summed E-state index contributed by atoms with van der Waals surface area (Å²) in [5.74, 6) is 0.442. The molecule has 0 radical (unpaired) electrons. The number of aromatic nitrogens is 2. The Hall–Kier alpha value is -3.41. The van der Waals surface area contributed by atoms with Crippen LogP contribution in [0.5, 0.6) is 5.75 Å². The van der Waals surface area contributed by atoms with E-state index in [0.717, 1.165) is 11.0 Å². The molecule has 4 aromatic rings. The van der Waals surface area contributed by atoms with Crippen molar-refractivity contribution in [3.8, 4) is 17.1 Å². The summed E-state index contributed by atoms with van der Waals surface area (Å²) in [4.78, 5) is 28.5. The topological polar surface area (TPSA) is 74.3 Å². The summed E-state index contributed by atoms with van der Waals surface area (Å²) in [6, 6.07) is 12.3. The standard InChI is InChI=1S/C19H14N2O4/c1-11(22)25-12-7-8-13-17(9-12)24-10-14(18(13)23)19-20-15-5-3-4-6-16(15)21(19)2/h3-10H,1-2H3. The van der Waals surface area contributed by atoms with E-state index < -0.39 is 5.97 Å². The summed E-state index contributed by atoms with van der Waals surface area (Å²) in [6.07, 6.45) is 1.39. The number of carbonyl (C=O) groups excluding carboxylic acids is 1. The second kappa shape index (κ2) is 5.59. The highest BCUT2D eigenvalue weighted by Crippen LogP contribution is 2.25. The highest BCUT2D eigenvalue weighted by molar-refractivity contribution is 5.85. The SMILES string of the molecule is CC(=O)Oc1ccc2c(=O)c(-c3nc4ccccc4n3C)coc2c1. The molecule has 0 saturated carbocycles. The van der Waals surface area contributed by atoms with Gasteiger partial charge in [0, 0.05) is 20.0 Å². The maximum Gasteiger partial charge on any atom is 0.308 e. The van der Waals surface area contributed by atoms with Crippen molar-refractivity contribution in [2.24, 2.45) is 7.05 Å². The normalized spacial score (nSPS) is 11.1. The molecule has 0 aliphatic rings. The fourth-order valence-corrected chi connectivity index (χ4v) is 2.88. The molecule has 0 atom stereocenters. The number of ether oxygens (including phenoxy) is 1. The number of hydrogen-bond donors (Lipinski definition) is 0. The lowest BCUT2D eigenvalue weighted by Gasteiger charge is -2.05. The Morgan fingerprint density at radius 2 is 2.00 bits per heavy atom. The molecule has 6 nitrogen and oxygen atoms in total. The Labute approximate surface area is 142 Å². The van der Waals surface area contributed by atoms with Crippen molar-refractivity contribution in [1.82, 2.24) is 9.55 Å². The fraction of sp³-hybridized carbons (Fsp3) is 0.105. The molecular weight excluding hydrogens is 320 g/mol. The lowest BCUT2D eigenvalue weighted by molar-refractivity contribution is -0.131. The Kier molecular flexibility index (Phi) is 3.39. The van der Waals surface area contributed by atoms with E-state index in [2.05, 4.69) is 4.98 Å². The second-order valence-electron chi connectivity index (χ2n) is 5.71. The van der Waals surface area contributed by atoms with Gasteiger partial charge in [-0.1, -0.05) is 12.1 Å². The molecule has 0 bridgehead atoms. The number of imidazole rings is 1. The van der Waals surface area contributed by atoms with Gasteiger partial charge in [0.15, 0.2) is 0 Å². The maximum absolute atomic E-state index is 12.9. The van der Waals surface area contributed by atoms with Crippen LogP contribution in [0.25, 0.3) is 33.4 Å². The molecule has 2 aromatic heterocycles. The smallest absolute Gasteiger partial charge is 0.308 e. The number of rotatable bonds is 2. The van der Waals surface area contributed by atoms with Crippen LogP contribution in [0.3, 0.4) is 0 Å². The molecule has 0 fully saturated rings. The molecule has 25 heavy (non-hydrogen) atoms. The molecule has 4 rings (SSSR count). The third kappa shape index (κ3) is 2.48. The average molecular weight is 334 g/mol. The monoisotopic (exact) mass is 334 g/mol. The summed E-state index contributed by atoms with van der Waals surface area (Å²) in [5, 5.41) is 0.403. The van der Waals surface area contributed by atoms with Crippen molar-refractivity contribution in [2.45, 2.75) is 6.92 Å². The number of nitrogens with zero attached hydrogens (tertiary/aromatic N) is 2. The van der Waals surface area contributed by atoms with Gasteiger partial charge in [-0.2, -0.15) is 0 Å². The van der Waals surface area contributed by atoms with Crippen molar-refractivity contribution in [3.63, 3.8) is 0 Å². The summed E-state index contributed by atoms with van der Waals surface area (Å²) in [6.45, 7) is 1.31. The van der Waals surface area contributed by atoms with E-state index in [-0.39, 0.29) is 5.43 Å². The lowest BCUT2D eigenvalue weighted by Crippen LogP contribution is -2.08. The van der Waals surface area contributed by atoms with Gasteiger partial charge >= 0.3 is 5.97 Å². The number of esters is 1. The number of carbonyl (C=O) groups is 1. The fourth-order valence-electron chi connectivity index (χ4n) is 2.88. The number of para-hydroxylation sites is 2. The van der Waals surface area contributed by atoms with E-state index in [0.29, 0.717) is 28.1 Å². The highest BCUT2D eigenvalue weighted by atomic mass is 16.5. The van der Waals surface area contributed by atoms with Gasteiger partial charge in [0.05, 0.1) is 16.4 Å². The summed E-state index contributed by atoms with van der Waals surface area (Å²) in [7, 11) is 1.86. The zero-order valence-electron chi connectivity index (χ0n) is 13.6. The van der Waals surface area contributed by atoms with E-state index in [4.69, 9.17) is 9.15 Å². The van der Waals surface area contributed by atoms with Crippen LogP contribution in [0, 0.1) is 0 Å². The predicted octanol–water partition coefficient (Wildman–Crippen LogP) is 3.27. The van der Waals surface area contributed by atoms with Gasteiger partial charge in [-0.15, -0.1) is 0 Å². The van der Waals surface area contributed by atoms with Gasteiger partial charge in [0.2, 0.25) is 5.43 Å². The van der Waals surface area contributed by atoms with Crippen molar-refractivity contribution < 1.29 is 13.9 Å². The molecule has 124 valence electrons. The number of fused-ring (bicyclic) bond motifs is 2. The summed E-state index contributed by atoms with van der Waals surface area (Å²) < 4.78 is 12.5. The van der Waals surface area contributed by atoms with Crippen LogP contribution < -0.4 is 10.2 Å². The first kappa shape index (κ1) is 15.1. The van der Waals surface area contributed by atoms with Gasteiger partial charge in [0.1, 0.15) is 29.0 Å². The zero-order valence-corrected chi connectivity index (χ0v) is 13.6.